The van der Waals surface area contributed by atoms with Crippen molar-refractivity contribution in [1.29, 1.82) is 0 Å². The Morgan fingerprint density at radius 1 is 1.27 bits per heavy atom. The maximum Gasteiger partial charge on any atom is 0.224 e. The fourth-order valence-corrected chi connectivity index (χ4v) is 2.43. The molecule has 5 nitrogen and oxygen atoms in total. The van der Waals surface area contributed by atoms with Crippen LogP contribution in [0.15, 0.2) is 24.3 Å². The second-order valence-corrected chi connectivity index (χ2v) is 5.25. The zero-order valence-corrected chi connectivity index (χ0v) is 14.7. The molecular formula is C15H25Cl2N3O2. The molecule has 1 aliphatic rings. The second kappa shape index (κ2) is 9.77. The fraction of sp³-hybridized carbons (Fsp3) is 0.533. The number of methoxy groups -OCH3 is 1. The topological polar surface area (TPSA) is 58.8 Å². The average molecular weight is 350 g/mol. The van der Waals surface area contributed by atoms with Crippen LogP contribution in [0.25, 0.3) is 0 Å². The van der Waals surface area contributed by atoms with Crippen molar-refractivity contribution in [3.05, 3.63) is 24.3 Å². The van der Waals surface area contributed by atoms with Gasteiger partial charge in [-0.1, -0.05) is 6.07 Å². The summed E-state index contributed by atoms with van der Waals surface area (Å²) in [5, 5.41) is 0. The normalized spacial score (nSPS) is 15.4. The zero-order chi connectivity index (χ0) is 14.5. The summed E-state index contributed by atoms with van der Waals surface area (Å²) in [5.41, 5.74) is 6.82. The van der Waals surface area contributed by atoms with Gasteiger partial charge < -0.3 is 20.3 Å². The van der Waals surface area contributed by atoms with Gasteiger partial charge in [0.2, 0.25) is 5.91 Å². The number of hydrogen-bond donors (Lipinski definition) is 1. The van der Waals surface area contributed by atoms with E-state index in [4.69, 9.17) is 10.5 Å². The van der Waals surface area contributed by atoms with Gasteiger partial charge in [-0.25, -0.2) is 0 Å². The molecule has 1 aromatic carbocycles. The maximum atomic E-state index is 12.0. The summed E-state index contributed by atoms with van der Waals surface area (Å²) >= 11 is 0. The van der Waals surface area contributed by atoms with E-state index in [0.717, 1.165) is 37.6 Å². The number of rotatable bonds is 4. The lowest BCUT2D eigenvalue weighted by atomic mass is 10.2. The highest BCUT2D eigenvalue weighted by atomic mass is 35.5. The summed E-state index contributed by atoms with van der Waals surface area (Å²) in [7, 11) is 1.67. The van der Waals surface area contributed by atoms with E-state index in [1.165, 1.54) is 0 Å². The van der Waals surface area contributed by atoms with Gasteiger partial charge in [-0.15, -0.1) is 24.8 Å². The molecule has 0 aromatic heterocycles. The lowest BCUT2D eigenvalue weighted by Gasteiger charge is -2.36. The van der Waals surface area contributed by atoms with Crippen LogP contribution in [-0.2, 0) is 4.79 Å². The van der Waals surface area contributed by atoms with Crippen LogP contribution in [0.3, 0.4) is 0 Å². The molecule has 7 heteroatoms. The van der Waals surface area contributed by atoms with Gasteiger partial charge in [-0.2, -0.15) is 0 Å². The molecule has 22 heavy (non-hydrogen) atoms. The van der Waals surface area contributed by atoms with Gasteiger partial charge in [0.05, 0.1) is 7.11 Å². The third kappa shape index (κ3) is 5.55. The van der Waals surface area contributed by atoms with Gasteiger partial charge in [0.1, 0.15) is 5.75 Å². The molecule has 126 valence electrons. The Labute approximate surface area is 144 Å². The molecule has 0 bridgehead atoms. The number of benzene rings is 1. The molecule has 1 aliphatic heterocycles. The Hall–Kier alpha value is -1.17. The van der Waals surface area contributed by atoms with E-state index >= 15 is 0 Å². The van der Waals surface area contributed by atoms with Crippen LogP contribution in [0.1, 0.15) is 13.3 Å². The minimum Gasteiger partial charge on any atom is -0.497 e. The Bertz CT molecular complexity index is 464. The first kappa shape index (κ1) is 20.8. The van der Waals surface area contributed by atoms with Crippen molar-refractivity contribution in [2.45, 2.75) is 19.4 Å². The van der Waals surface area contributed by atoms with Crippen LogP contribution >= 0.6 is 24.8 Å². The van der Waals surface area contributed by atoms with E-state index in [9.17, 15) is 4.79 Å². The predicted octanol–water partition coefficient (Wildman–Crippen LogP) is 1.92. The van der Waals surface area contributed by atoms with Crippen LogP contribution in [0.4, 0.5) is 5.69 Å². The van der Waals surface area contributed by atoms with Crippen molar-refractivity contribution in [3.63, 3.8) is 0 Å². The smallest absolute Gasteiger partial charge is 0.224 e. The molecule has 0 spiro atoms. The lowest BCUT2D eigenvalue weighted by Crippen LogP contribution is -2.49. The summed E-state index contributed by atoms with van der Waals surface area (Å²) in [6.07, 6.45) is 0.430. The van der Waals surface area contributed by atoms with Crippen molar-refractivity contribution in [3.8, 4) is 5.75 Å². The summed E-state index contributed by atoms with van der Waals surface area (Å²) in [6, 6.07) is 7.95. The third-order valence-electron chi connectivity index (χ3n) is 3.55. The van der Waals surface area contributed by atoms with Crippen LogP contribution < -0.4 is 15.4 Å². The molecule has 0 radical (unpaired) electrons. The van der Waals surface area contributed by atoms with E-state index in [0.29, 0.717) is 6.42 Å². The molecule has 1 unspecified atom stereocenters. The standard InChI is InChI=1S/C15H23N3O2.2ClH/c1-12(16)10-15(19)18-8-6-17(7-9-18)13-4-3-5-14(11-13)20-2;;/h3-5,11-12H,6-10,16H2,1-2H3;2*1H. The number of nitrogens with two attached hydrogens (primary N) is 1. The largest absolute Gasteiger partial charge is 0.497 e. The van der Waals surface area contributed by atoms with Gasteiger partial charge in [0.15, 0.2) is 0 Å². The minimum absolute atomic E-state index is 0. The number of carbonyl (C=O) groups excluding carboxylic acids is 1. The molecule has 1 heterocycles. The molecule has 2 rings (SSSR count). The second-order valence-electron chi connectivity index (χ2n) is 5.25. The third-order valence-corrected chi connectivity index (χ3v) is 3.55. The molecule has 0 aliphatic carbocycles. The number of carbonyl (C=O) groups is 1. The van der Waals surface area contributed by atoms with Gasteiger partial charge in [0.25, 0.3) is 0 Å². The van der Waals surface area contributed by atoms with Crippen molar-refractivity contribution < 1.29 is 9.53 Å². The highest BCUT2D eigenvalue weighted by Crippen LogP contribution is 2.22. The van der Waals surface area contributed by atoms with E-state index in [1.807, 2.05) is 30.0 Å². The van der Waals surface area contributed by atoms with Crippen LogP contribution in [0.2, 0.25) is 0 Å². The molecule has 1 fully saturated rings. The summed E-state index contributed by atoms with van der Waals surface area (Å²) in [6.45, 7) is 5.06. The molecular weight excluding hydrogens is 325 g/mol. The summed E-state index contributed by atoms with van der Waals surface area (Å²) in [5.74, 6) is 1.02. The average Bonchev–Trinajstić information content (AvgIpc) is 2.47. The highest BCUT2D eigenvalue weighted by molar-refractivity contribution is 5.85. The first-order valence-corrected chi connectivity index (χ1v) is 7.02. The Morgan fingerprint density at radius 3 is 2.45 bits per heavy atom. The van der Waals surface area contributed by atoms with Crippen molar-refractivity contribution >= 4 is 36.4 Å². The highest BCUT2D eigenvalue weighted by Gasteiger charge is 2.21. The number of amides is 1. The van der Waals surface area contributed by atoms with Gasteiger partial charge in [0, 0.05) is 50.4 Å². The molecule has 0 saturated carbocycles. The van der Waals surface area contributed by atoms with Gasteiger partial charge in [-0.3, -0.25) is 4.79 Å². The van der Waals surface area contributed by atoms with E-state index in [-0.39, 0.29) is 36.8 Å². The number of ether oxygens (including phenoxy) is 1. The Balaban J connectivity index is 0.00000220. The number of nitrogens with zero attached hydrogens (tertiary/aromatic N) is 2. The zero-order valence-electron chi connectivity index (χ0n) is 13.0. The van der Waals surface area contributed by atoms with Crippen molar-refractivity contribution in [1.82, 2.24) is 4.90 Å². The number of anilines is 1. The van der Waals surface area contributed by atoms with Crippen LogP contribution in [0.5, 0.6) is 5.75 Å². The molecule has 1 aromatic rings. The van der Waals surface area contributed by atoms with Crippen LogP contribution in [0, 0.1) is 0 Å². The number of hydrogen-bond acceptors (Lipinski definition) is 4. The van der Waals surface area contributed by atoms with Gasteiger partial charge in [-0.05, 0) is 19.1 Å². The number of halogens is 2. The number of piperazine rings is 1. The van der Waals surface area contributed by atoms with Crippen molar-refractivity contribution in [2.75, 3.05) is 38.2 Å². The Kier molecular flexibility index (Phi) is 9.25. The van der Waals surface area contributed by atoms with E-state index in [2.05, 4.69) is 11.0 Å². The SMILES string of the molecule is COc1cccc(N2CCN(C(=O)CC(C)N)CC2)c1.Cl.Cl. The molecule has 2 N–H and O–H groups in total. The van der Waals surface area contributed by atoms with E-state index in [1.54, 1.807) is 7.11 Å². The van der Waals surface area contributed by atoms with Crippen LogP contribution in [-0.4, -0.2) is 50.1 Å². The maximum absolute atomic E-state index is 12.0. The summed E-state index contributed by atoms with van der Waals surface area (Å²) in [4.78, 5) is 16.1. The molecule has 1 saturated heterocycles. The van der Waals surface area contributed by atoms with Crippen molar-refractivity contribution in [2.24, 2.45) is 5.73 Å². The minimum atomic E-state index is -0.0704. The van der Waals surface area contributed by atoms with Gasteiger partial charge >= 0.3 is 0 Å². The molecule has 1 amide bonds. The Morgan fingerprint density at radius 2 is 1.91 bits per heavy atom. The lowest BCUT2D eigenvalue weighted by molar-refractivity contribution is -0.131. The molecule has 1 atom stereocenters. The quantitative estimate of drug-likeness (QED) is 0.902. The van der Waals surface area contributed by atoms with E-state index < -0.39 is 0 Å². The fourth-order valence-electron chi connectivity index (χ4n) is 2.43. The first-order valence-electron chi connectivity index (χ1n) is 7.02. The monoisotopic (exact) mass is 349 g/mol. The first-order chi connectivity index (χ1) is 9.60. The summed E-state index contributed by atoms with van der Waals surface area (Å²) < 4.78 is 5.24. The predicted molar refractivity (Wildman–Crippen MR) is 94.5 cm³/mol.